The van der Waals surface area contributed by atoms with E-state index in [1.807, 2.05) is 18.2 Å². The van der Waals surface area contributed by atoms with Crippen LogP contribution >= 0.6 is 0 Å². The Morgan fingerprint density at radius 1 is 1.44 bits per heavy atom. The first kappa shape index (κ1) is 17.1. The zero-order valence-corrected chi connectivity index (χ0v) is 14.4. The summed E-state index contributed by atoms with van der Waals surface area (Å²) in [6.07, 6.45) is 4.18. The number of nitrogens with zero attached hydrogens (tertiary/aromatic N) is 3. The van der Waals surface area contributed by atoms with Crippen molar-refractivity contribution in [1.82, 2.24) is 20.3 Å². The second kappa shape index (κ2) is 7.92. The molecule has 0 saturated carbocycles. The molecule has 7 heteroatoms. The lowest BCUT2D eigenvalue weighted by Gasteiger charge is -2.32. The van der Waals surface area contributed by atoms with Crippen LogP contribution in [0.4, 0.5) is 5.82 Å². The van der Waals surface area contributed by atoms with Crippen molar-refractivity contribution in [3.63, 3.8) is 0 Å². The molecule has 3 rings (SSSR count). The Bertz CT molecular complexity index is 775. The van der Waals surface area contributed by atoms with Crippen molar-refractivity contribution >= 4 is 11.7 Å². The predicted octanol–water partition coefficient (Wildman–Crippen LogP) is 1.05. The summed E-state index contributed by atoms with van der Waals surface area (Å²) in [6, 6.07) is 7.30. The zero-order valence-electron chi connectivity index (χ0n) is 14.4. The van der Waals surface area contributed by atoms with Crippen LogP contribution in [0.3, 0.4) is 0 Å². The van der Waals surface area contributed by atoms with Crippen molar-refractivity contribution in [3.05, 3.63) is 52.3 Å². The molecule has 1 unspecified atom stereocenters. The van der Waals surface area contributed by atoms with Crippen molar-refractivity contribution in [3.8, 4) is 0 Å². The van der Waals surface area contributed by atoms with Gasteiger partial charge in [-0.15, -0.1) is 0 Å². The largest absolute Gasteiger partial charge is 0.356 e. The number of hydrogen-bond donors (Lipinski definition) is 2. The lowest BCUT2D eigenvalue weighted by Crippen LogP contribution is -2.43. The van der Waals surface area contributed by atoms with Crippen LogP contribution in [0, 0.1) is 12.8 Å². The van der Waals surface area contributed by atoms with Gasteiger partial charge in [0.05, 0.1) is 5.92 Å². The van der Waals surface area contributed by atoms with Crippen LogP contribution in [0.25, 0.3) is 0 Å². The number of carbonyl (C=O) groups is 1. The van der Waals surface area contributed by atoms with Crippen LogP contribution in [0.2, 0.25) is 0 Å². The van der Waals surface area contributed by atoms with Gasteiger partial charge in [0.25, 0.3) is 5.56 Å². The van der Waals surface area contributed by atoms with Gasteiger partial charge in [0, 0.05) is 44.0 Å². The Hall–Kier alpha value is -2.70. The number of amides is 1. The molecule has 132 valence electrons. The molecular weight excluding hydrogens is 318 g/mol. The number of rotatable bonds is 5. The number of carbonyl (C=O) groups excluding carboxylic acids is 1. The van der Waals surface area contributed by atoms with E-state index in [1.165, 1.54) is 6.07 Å². The predicted molar refractivity (Wildman–Crippen MR) is 95.5 cm³/mol. The summed E-state index contributed by atoms with van der Waals surface area (Å²) in [6.45, 7) is 3.84. The number of aryl methyl sites for hydroxylation is 1. The van der Waals surface area contributed by atoms with Gasteiger partial charge in [-0.25, -0.2) is 9.97 Å². The summed E-state index contributed by atoms with van der Waals surface area (Å²) in [5.74, 6) is 1.53. The monoisotopic (exact) mass is 341 g/mol. The topological polar surface area (TPSA) is 91.0 Å². The maximum absolute atomic E-state index is 12.5. The maximum atomic E-state index is 12.5. The van der Waals surface area contributed by atoms with Gasteiger partial charge in [0.2, 0.25) is 5.91 Å². The van der Waals surface area contributed by atoms with Crippen LogP contribution in [-0.2, 0) is 11.2 Å². The first-order valence-electron chi connectivity index (χ1n) is 8.62. The van der Waals surface area contributed by atoms with E-state index in [0.29, 0.717) is 31.0 Å². The Balaban J connectivity index is 1.51. The number of anilines is 1. The molecule has 2 N–H and O–H groups in total. The lowest BCUT2D eigenvalue weighted by molar-refractivity contribution is -0.125. The normalized spacial score (nSPS) is 17.3. The van der Waals surface area contributed by atoms with E-state index >= 15 is 0 Å². The molecule has 3 heterocycles. The number of pyridine rings is 1. The van der Waals surface area contributed by atoms with E-state index in [0.717, 1.165) is 25.2 Å². The fourth-order valence-corrected chi connectivity index (χ4v) is 3.17. The average molecular weight is 341 g/mol. The van der Waals surface area contributed by atoms with Crippen molar-refractivity contribution in [1.29, 1.82) is 0 Å². The summed E-state index contributed by atoms with van der Waals surface area (Å²) in [4.78, 5) is 37.3. The summed E-state index contributed by atoms with van der Waals surface area (Å²) in [5, 5.41) is 2.97. The molecule has 1 atom stereocenters. The Kier molecular flexibility index (Phi) is 5.42. The minimum Gasteiger partial charge on any atom is -0.356 e. The van der Waals surface area contributed by atoms with Gasteiger partial charge in [-0.05, 0) is 31.9 Å². The molecule has 1 saturated heterocycles. The first-order valence-corrected chi connectivity index (χ1v) is 8.62. The smallest absolute Gasteiger partial charge is 0.251 e. The van der Waals surface area contributed by atoms with Crippen molar-refractivity contribution < 1.29 is 4.79 Å². The third-order valence-corrected chi connectivity index (χ3v) is 4.36. The molecular formula is C18H23N5O2. The van der Waals surface area contributed by atoms with E-state index in [9.17, 15) is 9.59 Å². The summed E-state index contributed by atoms with van der Waals surface area (Å²) in [7, 11) is 0. The van der Waals surface area contributed by atoms with Crippen molar-refractivity contribution in [2.24, 2.45) is 5.92 Å². The standard InChI is InChI=1S/C18H23N5O2/c1-13-21-15(11-17(24)22-13)7-9-20-18(25)14-5-4-10-23(12-14)16-6-2-3-8-19-16/h2-3,6,8,11,14H,4-5,7,9-10,12H2,1H3,(H,20,25)(H,21,22,24). The molecule has 0 bridgehead atoms. The molecule has 0 radical (unpaired) electrons. The van der Waals surface area contributed by atoms with Crippen LogP contribution < -0.4 is 15.8 Å². The molecule has 25 heavy (non-hydrogen) atoms. The fourth-order valence-electron chi connectivity index (χ4n) is 3.17. The molecule has 0 aromatic carbocycles. The highest BCUT2D eigenvalue weighted by molar-refractivity contribution is 5.79. The van der Waals surface area contributed by atoms with Crippen LogP contribution in [-0.4, -0.2) is 40.5 Å². The number of aromatic nitrogens is 3. The van der Waals surface area contributed by atoms with Gasteiger partial charge in [0.15, 0.2) is 0 Å². The SMILES string of the molecule is Cc1nc(CCNC(=O)C2CCCN(c3ccccn3)C2)cc(=O)[nH]1. The molecule has 0 spiro atoms. The molecule has 1 aliphatic heterocycles. The number of hydrogen-bond acceptors (Lipinski definition) is 5. The lowest BCUT2D eigenvalue weighted by atomic mass is 9.97. The Morgan fingerprint density at radius 2 is 2.32 bits per heavy atom. The Labute approximate surface area is 146 Å². The highest BCUT2D eigenvalue weighted by Crippen LogP contribution is 2.21. The summed E-state index contributed by atoms with van der Waals surface area (Å²) in [5.41, 5.74) is 0.535. The molecule has 1 aliphatic rings. The van der Waals surface area contributed by atoms with E-state index in [2.05, 4.69) is 25.2 Å². The number of nitrogens with one attached hydrogen (secondary N) is 2. The number of piperidine rings is 1. The second-order valence-electron chi connectivity index (χ2n) is 6.34. The van der Waals surface area contributed by atoms with Crippen LogP contribution in [0.1, 0.15) is 24.4 Å². The van der Waals surface area contributed by atoms with Gasteiger partial charge >= 0.3 is 0 Å². The fraction of sp³-hybridized carbons (Fsp3) is 0.444. The molecule has 7 nitrogen and oxygen atoms in total. The minimum absolute atomic E-state index is 0.0374. The minimum atomic E-state index is -0.160. The van der Waals surface area contributed by atoms with Gasteiger partial charge < -0.3 is 15.2 Å². The van der Waals surface area contributed by atoms with Crippen LogP contribution in [0.5, 0.6) is 0 Å². The first-order chi connectivity index (χ1) is 12.1. The van der Waals surface area contributed by atoms with Gasteiger partial charge in [-0.1, -0.05) is 6.07 Å². The maximum Gasteiger partial charge on any atom is 0.251 e. The van der Waals surface area contributed by atoms with E-state index in [1.54, 1.807) is 13.1 Å². The molecule has 1 fully saturated rings. The third kappa shape index (κ3) is 4.65. The highest BCUT2D eigenvalue weighted by Gasteiger charge is 2.26. The summed E-state index contributed by atoms with van der Waals surface area (Å²) >= 11 is 0. The zero-order chi connectivity index (χ0) is 17.6. The van der Waals surface area contributed by atoms with Gasteiger partial charge in [-0.3, -0.25) is 9.59 Å². The third-order valence-electron chi connectivity index (χ3n) is 4.36. The van der Waals surface area contributed by atoms with Crippen molar-refractivity contribution in [2.75, 3.05) is 24.5 Å². The van der Waals surface area contributed by atoms with E-state index < -0.39 is 0 Å². The number of aromatic amines is 1. The van der Waals surface area contributed by atoms with Gasteiger partial charge in [0.1, 0.15) is 11.6 Å². The van der Waals surface area contributed by atoms with E-state index in [-0.39, 0.29) is 17.4 Å². The number of H-pyrrole nitrogens is 1. The summed E-state index contributed by atoms with van der Waals surface area (Å²) < 4.78 is 0. The molecule has 1 amide bonds. The van der Waals surface area contributed by atoms with Gasteiger partial charge in [-0.2, -0.15) is 0 Å². The highest BCUT2D eigenvalue weighted by atomic mass is 16.2. The quantitative estimate of drug-likeness (QED) is 0.848. The molecule has 0 aliphatic carbocycles. The molecule has 2 aromatic heterocycles. The molecule has 2 aromatic rings. The average Bonchev–Trinajstić information content (AvgIpc) is 2.62. The van der Waals surface area contributed by atoms with Crippen LogP contribution in [0.15, 0.2) is 35.3 Å². The van der Waals surface area contributed by atoms with E-state index in [4.69, 9.17) is 0 Å². The Morgan fingerprint density at radius 3 is 3.08 bits per heavy atom. The van der Waals surface area contributed by atoms with Crippen molar-refractivity contribution in [2.45, 2.75) is 26.2 Å². The second-order valence-corrected chi connectivity index (χ2v) is 6.34.